The zero-order chi connectivity index (χ0) is 15.9. The number of Topliss-reactive ketones (excluding diaryl/α,β-unsaturated/α-hetero) is 1. The standard InChI is InChI=1S/C16H19Cl2NO2/c1-4-16(8(2)3)7-10-5-9(6-11(19)20)13(17)14(18)12(10)15(16)21/h5,8H,4,6-7H2,1-3H3,(H2,19,20). The van der Waals surface area contributed by atoms with Gasteiger partial charge >= 0.3 is 0 Å². The summed E-state index contributed by atoms with van der Waals surface area (Å²) in [4.78, 5) is 24.0. The van der Waals surface area contributed by atoms with Gasteiger partial charge in [-0.1, -0.05) is 50.0 Å². The van der Waals surface area contributed by atoms with Crippen molar-refractivity contribution in [3.63, 3.8) is 0 Å². The van der Waals surface area contributed by atoms with E-state index in [0.717, 1.165) is 12.0 Å². The summed E-state index contributed by atoms with van der Waals surface area (Å²) >= 11 is 12.5. The second-order valence-electron chi connectivity index (χ2n) is 6.01. The average molecular weight is 328 g/mol. The Bertz CT molecular complexity index is 625. The van der Waals surface area contributed by atoms with Crippen LogP contribution >= 0.6 is 23.2 Å². The number of fused-ring (bicyclic) bond motifs is 1. The van der Waals surface area contributed by atoms with E-state index in [1.165, 1.54) is 0 Å². The van der Waals surface area contributed by atoms with Crippen molar-refractivity contribution in [3.8, 4) is 0 Å². The molecule has 0 fully saturated rings. The number of primary amides is 1. The highest BCUT2D eigenvalue weighted by molar-refractivity contribution is 6.45. The molecule has 0 saturated heterocycles. The molecule has 1 atom stereocenters. The monoisotopic (exact) mass is 327 g/mol. The Morgan fingerprint density at radius 1 is 1.38 bits per heavy atom. The topological polar surface area (TPSA) is 60.2 Å². The largest absolute Gasteiger partial charge is 0.369 e. The summed E-state index contributed by atoms with van der Waals surface area (Å²) in [6.07, 6.45) is 1.41. The molecule has 0 spiro atoms. The van der Waals surface area contributed by atoms with E-state index >= 15 is 0 Å². The van der Waals surface area contributed by atoms with Crippen LogP contribution in [0.2, 0.25) is 10.0 Å². The smallest absolute Gasteiger partial charge is 0.221 e. The number of benzene rings is 1. The molecular weight excluding hydrogens is 309 g/mol. The number of rotatable bonds is 4. The third-order valence-electron chi connectivity index (χ3n) is 4.65. The molecule has 21 heavy (non-hydrogen) atoms. The van der Waals surface area contributed by atoms with Crippen molar-refractivity contribution in [2.24, 2.45) is 17.1 Å². The van der Waals surface area contributed by atoms with Crippen LogP contribution in [-0.4, -0.2) is 11.7 Å². The van der Waals surface area contributed by atoms with E-state index in [-0.39, 0.29) is 28.2 Å². The molecule has 114 valence electrons. The van der Waals surface area contributed by atoms with Crippen LogP contribution in [0.3, 0.4) is 0 Å². The molecular formula is C16H19Cl2NO2. The third-order valence-corrected chi connectivity index (χ3v) is 5.56. The van der Waals surface area contributed by atoms with E-state index in [0.29, 0.717) is 17.5 Å². The van der Waals surface area contributed by atoms with Gasteiger partial charge < -0.3 is 5.73 Å². The minimum absolute atomic E-state index is 0.0286. The lowest BCUT2D eigenvalue weighted by Crippen LogP contribution is -2.33. The molecule has 0 aliphatic heterocycles. The van der Waals surface area contributed by atoms with E-state index < -0.39 is 11.3 Å². The predicted octanol–water partition coefficient (Wildman–Crippen LogP) is 3.81. The first-order chi connectivity index (χ1) is 9.74. The summed E-state index contributed by atoms with van der Waals surface area (Å²) in [5, 5.41) is 0.518. The average Bonchev–Trinajstić information content (AvgIpc) is 2.69. The van der Waals surface area contributed by atoms with Gasteiger partial charge in [0.1, 0.15) is 0 Å². The van der Waals surface area contributed by atoms with Gasteiger partial charge in [-0.15, -0.1) is 0 Å². The summed E-state index contributed by atoms with van der Waals surface area (Å²) in [5.41, 5.74) is 6.80. The van der Waals surface area contributed by atoms with Crippen LogP contribution in [0.4, 0.5) is 0 Å². The van der Waals surface area contributed by atoms with Crippen molar-refractivity contribution in [2.45, 2.75) is 40.0 Å². The van der Waals surface area contributed by atoms with Crippen molar-refractivity contribution in [1.82, 2.24) is 0 Å². The predicted molar refractivity (Wildman–Crippen MR) is 85.0 cm³/mol. The second kappa shape index (κ2) is 5.62. The molecule has 2 N–H and O–H groups in total. The Kier molecular flexibility index (Phi) is 4.36. The van der Waals surface area contributed by atoms with E-state index in [2.05, 4.69) is 0 Å². The number of carbonyl (C=O) groups excluding carboxylic acids is 2. The number of hydrogen-bond donors (Lipinski definition) is 1. The molecule has 1 amide bonds. The molecule has 0 bridgehead atoms. The fraction of sp³-hybridized carbons (Fsp3) is 0.500. The number of amides is 1. The number of ketones is 1. The molecule has 0 radical (unpaired) electrons. The molecule has 1 aromatic rings. The van der Waals surface area contributed by atoms with E-state index in [4.69, 9.17) is 28.9 Å². The van der Waals surface area contributed by atoms with Crippen LogP contribution in [0.25, 0.3) is 0 Å². The molecule has 0 aromatic heterocycles. The highest BCUT2D eigenvalue weighted by atomic mass is 35.5. The van der Waals surface area contributed by atoms with Gasteiger partial charge in [0.15, 0.2) is 5.78 Å². The van der Waals surface area contributed by atoms with Gasteiger partial charge in [-0.05, 0) is 29.9 Å². The van der Waals surface area contributed by atoms with Crippen molar-refractivity contribution >= 4 is 34.9 Å². The summed E-state index contributed by atoms with van der Waals surface area (Å²) in [6, 6.07) is 1.81. The molecule has 2 rings (SSSR count). The lowest BCUT2D eigenvalue weighted by atomic mass is 9.72. The van der Waals surface area contributed by atoms with Crippen molar-refractivity contribution in [3.05, 3.63) is 32.8 Å². The molecule has 1 aromatic carbocycles. The Morgan fingerprint density at radius 3 is 2.48 bits per heavy atom. The Morgan fingerprint density at radius 2 is 2.00 bits per heavy atom. The third kappa shape index (κ3) is 2.47. The van der Waals surface area contributed by atoms with Gasteiger partial charge in [-0.2, -0.15) is 0 Å². The maximum Gasteiger partial charge on any atom is 0.221 e. The maximum absolute atomic E-state index is 12.9. The first-order valence-corrected chi connectivity index (χ1v) is 7.83. The molecule has 1 aliphatic rings. The first kappa shape index (κ1) is 16.3. The molecule has 1 aliphatic carbocycles. The van der Waals surface area contributed by atoms with E-state index in [1.54, 1.807) is 0 Å². The lowest BCUT2D eigenvalue weighted by molar-refractivity contribution is -0.117. The van der Waals surface area contributed by atoms with Crippen LogP contribution in [0.5, 0.6) is 0 Å². The zero-order valence-electron chi connectivity index (χ0n) is 12.4. The van der Waals surface area contributed by atoms with Gasteiger partial charge in [0.2, 0.25) is 5.91 Å². The number of nitrogens with two attached hydrogens (primary N) is 1. The quantitative estimate of drug-likeness (QED) is 0.913. The molecule has 0 saturated carbocycles. The minimum atomic E-state index is -0.470. The van der Waals surface area contributed by atoms with Crippen LogP contribution in [0, 0.1) is 11.3 Å². The Labute approximate surface area is 134 Å². The Balaban J connectivity index is 2.60. The van der Waals surface area contributed by atoms with Gasteiger partial charge in [-0.25, -0.2) is 0 Å². The Hall–Kier alpha value is -1.06. The minimum Gasteiger partial charge on any atom is -0.369 e. The van der Waals surface area contributed by atoms with Gasteiger partial charge in [0.25, 0.3) is 0 Å². The molecule has 1 unspecified atom stereocenters. The zero-order valence-corrected chi connectivity index (χ0v) is 13.9. The molecule has 5 heteroatoms. The number of hydrogen-bond acceptors (Lipinski definition) is 2. The number of carbonyl (C=O) groups is 2. The van der Waals surface area contributed by atoms with Gasteiger partial charge in [-0.3, -0.25) is 9.59 Å². The lowest BCUT2D eigenvalue weighted by Gasteiger charge is -2.30. The van der Waals surface area contributed by atoms with E-state index in [1.807, 2.05) is 26.8 Å². The fourth-order valence-electron chi connectivity index (χ4n) is 3.27. The van der Waals surface area contributed by atoms with Gasteiger partial charge in [0.05, 0.1) is 16.5 Å². The first-order valence-electron chi connectivity index (χ1n) is 7.07. The van der Waals surface area contributed by atoms with Crippen molar-refractivity contribution < 1.29 is 9.59 Å². The molecule has 0 heterocycles. The van der Waals surface area contributed by atoms with Crippen LogP contribution in [0.1, 0.15) is 48.7 Å². The summed E-state index contributed by atoms with van der Waals surface area (Å²) in [5.74, 6) is -0.202. The second-order valence-corrected chi connectivity index (χ2v) is 6.77. The van der Waals surface area contributed by atoms with Crippen molar-refractivity contribution in [1.29, 1.82) is 0 Å². The maximum atomic E-state index is 12.9. The summed E-state index contributed by atoms with van der Waals surface area (Å²) in [6.45, 7) is 6.11. The highest BCUT2D eigenvalue weighted by Crippen LogP contribution is 2.49. The van der Waals surface area contributed by atoms with Crippen LogP contribution < -0.4 is 5.73 Å². The normalized spacial score (nSPS) is 21.0. The summed E-state index contributed by atoms with van der Waals surface area (Å²) in [7, 11) is 0. The van der Waals surface area contributed by atoms with Crippen LogP contribution in [0.15, 0.2) is 6.07 Å². The van der Waals surface area contributed by atoms with Crippen molar-refractivity contribution in [2.75, 3.05) is 0 Å². The number of halogens is 2. The van der Waals surface area contributed by atoms with Crippen LogP contribution in [-0.2, 0) is 17.6 Å². The highest BCUT2D eigenvalue weighted by Gasteiger charge is 2.47. The molecule has 3 nitrogen and oxygen atoms in total. The fourth-order valence-corrected chi connectivity index (χ4v) is 3.81. The SMILES string of the molecule is CCC1(C(C)C)Cc2cc(CC(N)=O)c(Cl)c(Cl)c2C1=O. The van der Waals surface area contributed by atoms with Gasteiger partial charge in [0, 0.05) is 11.0 Å². The van der Waals surface area contributed by atoms with E-state index in [9.17, 15) is 9.59 Å². The summed E-state index contributed by atoms with van der Waals surface area (Å²) < 4.78 is 0.